The van der Waals surface area contributed by atoms with Gasteiger partial charge in [0.15, 0.2) is 0 Å². The lowest BCUT2D eigenvalue weighted by Gasteiger charge is -2.34. The van der Waals surface area contributed by atoms with Gasteiger partial charge in [-0.3, -0.25) is 4.79 Å². The molecule has 110 valence electrons. The molecule has 6 heteroatoms. The highest BCUT2D eigenvalue weighted by atomic mass is 16.1. The van der Waals surface area contributed by atoms with Crippen molar-refractivity contribution >= 4 is 17.5 Å². The van der Waals surface area contributed by atoms with Crippen LogP contribution in [0.1, 0.15) is 31.2 Å². The Morgan fingerprint density at radius 2 is 1.90 bits per heavy atom. The van der Waals surface area contributed by atoms with Crippen LogP contribution in [0.3, 0.4) is 0 Å². The third-order valence-electron chi connectivity index (χ3n) is 3.67. The van der Waals surface area contributed by atoms with Crippen LogP contribution in [0.25, 0.3) is 0 Å². The lowest BCUT2D eigenvalue weighted by atomic mass is 10.0. The Balaban J connectivity index is 2.10. The average Bonchev–Trinajstić information content (AvgIpc) is 2.41. The van der Waals surface area contributed by atoms with E-state index in [0.29, 0.717) is 0 Å². The van der Waals surface area contributed by atoms with E-state index in [1.54, 1.807) is 6.92 Å². The summed E-state index contributed by atoms with van der Waals surface area (Å²) in [6, 6.07) is 0.288. The highest BCUT2D eigenvalue weighted by Crippen LogP contribution is 2.25. The highest BCUT2D eigenvalue weighted by Gasteiger charge is 2.23. The molecule has 6 nitrogen and oxygen atoms in total. The summed E-state index contributed by atoms with van der Waals surface area (Å²) in [5.41, 5.74) is 1.08. The van der Waals surface area contributed by atoms with Crippen LogP contribution in [0.5, 0.6) is 0 Å². The number of aryl methyl sites for hydroxylation is 1. The first-order valence-electron chi connectivity index (χ1n) is 7.06. The van der Waals surface area contributed by atoms with Crippen molar-refractivity contribution in [1.82, 2.24) is 15.3 Å². The van der Waals surface area contributed by atoms with Gasteiger partial charge in [-0.2, -0.15) is 0 Å². The minimum absolute atomic E-state index is 0.0509. The van der Waals surface area contributed by atoms with E-state index in [9.17, 15) is 4.79 Å². The molecular formula is C14H23N5O. The van der Waals surface area contributed by atoms with Crippen molar-refractivity contribution in [2.75, 3.05) is 30.4 Å². The van der Waals surface area contributed by atoms with Gasteiger partial charge in [-0.15, -0.1) is 0 Å². The normalized spacial score (nSPS) is 16.1. The number of piperidine rings is 1. The fourth-order valence-corrected chi connectivity index (χ4v) is 2.69. The summed E-state index contributed by atoms with van der Waals surface area (Å²) in [4.78, 5) is 22.3. The summed E-state index contributed by atoms with van der Waals surface area (Å²) in [6.45, 7) is 7.34. The lowest BCUT2D eigenvalue weighted by Crippen LogP contribution is -2.44. The first kappa shape index (κ1) is 14.6. The summed E-state index contributed by atoms with van der Waals surface area (Å²) in [7, 11) is 1.88. The SMILES string of the molecule is CNc1nc(C)nc(N2CCC(NC(C)=O)CC2)c1C. The molecule has 0 atom stereocenters. The number of hydrogen-bond acceptors (Lipinski definition) is 5. The van der Waals surface area contributed by atoms with E-state index in [2.05, 4.69) is 25.5 Å². The molecular weight excluding hydrogens is 254 g/mol. The molecule has 1 saturated heterocycles. The molecule has 1 fully saturated rings. The molecule has 0 aliphatic carbocycles. The van der Waals surface area contributed by atoms with Crippen LogP contribution in [0.2, 0.25) is 0 Å². The fraction of sp³-hybridized carbons (Fsp3) is 0.643. The summed E-state index contributed by atoms with van der Waals surface area (Å²) < 4.78 is 0. The highest BCUT2D eigenvalue weighted by molar-refractivity contribution is 5.73. The molecule has 1 amide bonds. The average molecular weight is 277 g/mol. The first-order chi connectivity index (χ1) is 9.51. The van der Waals surface area contributed by atoms with Crippen molar-refractivity contribution in [2.24, 2.45) is 0 Å². The first-order valence-corrected chi connectivity index (χ1v) is 7.06. The Hall–Kier alpha value is -1.85. The Kier molecular flexibility index (Phi) is 4.42. The number of anilines is 2. The van der Waals surface area contributed by atoms with Crippen molar-refractivity contribution in [2.45, 2.75) is 39.7 Å². The zero-order valence-electron chi connectivity index (χ0n) is 12.7. The number of carbonyl (C=O) groups excluding carboxylic acids is 1. The van der Waals surface area contributed by atoms with Gasteiger partial charge in [0.2, 0.25) is 5.91 Å². The largest absolute Gasteiger partial charge is 0.373 e. The molecule has 20 heavy (non-hydrogen) atoms. The number of aromatic nitrogens is 2. The Bertz CT molecular complexity index is 495. The van der Waals surface area contributed by atoms with E-state index in [1.807, 2.05) is 20.9 Å². The van der Waals surface area contributed by atoms with Crippen LogP contribution in [-0.4, -0.2) is 42.1 Å². The molecule has 2 N–H and O–H groups in total. The third-order valence-corrected chi connectivity index (χ3v) is 3.67. The Labute approximate surface area is 120 Å². The van der Waals surface area contributed by atoms with E-state index in [4.69, 9.17) is 0 Å². The summed E-state index contributed by atoms with van der Waals surface area (Å²) >= 11 is 0. The molecule has 2 heterocycles. The van der Waals surface area contributed by atoms with Crippen LogP contribution < -0.4 is 15.5 Å². The van der Waals surface area contributed by atoms with Crippen molar-refractivity contribution < 1.29 is 4.79 Å². The molecule has 0 saturated carbocycles. The van der Waals surface area contributed by atoms with Crippen molar-refractivity contribution in [3.8, 4) is 0 Å². The maximum absolute atomic E-state index is 11.1. The summed E-state index contributed by atoms with van der Waals surface area (Å²) in [6.07, 6.45) is 1.91. The number of carbonyl (C=O) groups is 1. The molecule has 1 aromatic rings. The van der Waals surface area contributed by atoms with Gasteiger partial charge in [0.25, 0.3) is 0 Å². The van der Waals surface area contributed by atoms with Gasteiger partial charge in [0, 0.05) is 38.7 Å². The number of rotatable bonds is 3. The third kappa shape index (κ3) is 3.18. The smallest absolute Gasteiger partial charge is 0.217 e. The predicted octanol–water partition coefficient (Wildman–Crippen LogP) is 1.24. The quantitative estimate of drug-likeness (QED) is 0.870. The van der Waals surface area contributed by atoms with E-state index in [0.717, 1.165) is 49.0 Å². The van der Waals surface area contributed by atoms with Crippen LogP contribution in [0, 0.1) is 13.8 Å². The van der Waals surface area contributed by atoms with Crippen molar-refractivity contribution in [1.29, 1.82) is 0 Å². The van der Waals surface area contributed by atoms with E-state index in [-0.39, 0.29) is 11.9 Å². The molecule has 0 radical (unpaired) electrons. The molecule has 1 aliphatic heterocycles. The van der Waals surface area contributed by atoms with Gasteiger partial charge in [-0.1, -0.05) is 0 Å². The Morgan fingerprint density at radius 1 is 1.25 bits per heavy atom. The van der Waals surface area contributed by atoms with E-state index < -0.39 is 0 Å². The van der Waals surface area contributed by atoms with E-state index >= 15 is 0 Å². The van der Waals surface area contributed by atoms with Gasteiger partial charge in [-0.05, 0) is 26.7 Å². The maximum atomic E-state index is 11.1. The Morgan fingerprint density at radius 3 is 2.45 bits per heavy atom. The van der Waals surface area contributed by atoms with Crippen molar-refractivity contribution in [3.05, 3.63) is 11.4 Å². The monoisotopic (exact) mass is 277 g/mol. The number of nitrogens with zero attached hydrogens (tertiary/aromatic N) is 3. The topological polar surface area (TPSA) is 70.2 Å². The molecule has 2 rings (SSSR count). The van der Waals surface area contributed by atoms with Crippen LogP contribution in [0.15, 0.2) is 0 Å². The van der Waals surface area contributed by atoms with Crippen LogP contribution >= 0.6 is 0 Å². The minimum Gasteiger partial charge on any atom is -0.373 e. The molecule has 0 bridgehead atoms. The van der Waals surface area contributed by atoms with Gasteiger partial charge in [-0.25, -0.2) is 9.97 Å². The minimum atomic E-state index is 0.0509. The van der Waals surface area contributed by atoms with E-state index in [1.165, 1.54) is 0 Å². The molecule has 0 unspecified atom stereocenters. The summed E-state index contributed by atoms with van der Waals surface area (Å²) in [5, 5.41) is 6.11. The maximum Gasteiger partial charge on any atom is 0.217 e. The second kappa shape index (κ2) is 6.07. The molecule has 0 spiro atoms. The predicted molar refractivity (Wildman–Crippen MR) is 80.1 cm³/mol. The van der Waals surface area contributed by atoms with Gasteiger partial charge in [0.1, 0.15) is 17.5 Å². The molecule has 1 aliphatic rings. The van der Waals surface area contributed by atoms with Crippen molar-refractivity contribution in [3.63, 3.8) is 0 Å². The number of nitrogens with one attached hydrogen (secondary N) is 2. The van der Waals surface area contributed by atoms with Crippen LogP contribution in [0.4, 0.5) is 11.6 Å². The number of amides is 1. The standard InChI is InChI=1S/C14H23N5O/c1-9-13(15-4)16-10(2)17-14(9)19-7-5-12(6-8-19)18-11(3)20/h12H,5-8H2,1-4H3,(H,18,20)(H,15,16,17). The molecule has 1 aromatic heterocycles. The lowest BCUT2D eigenvalue weighted by molar-refractivity contribution is -0.119. The van der Waals surface area contributed by atoms with Gasteiger partial charge >= 0.3 is 0 Å². The summed E-state index contributed by atoms with van der Waals surface area (Å²) in [5.74, 6) is 2.72. The zero-order chi connectivity index (χ0) is 14.7. The zero-order valence-corrected chi connectivity index (χ0v) is 12.7. The van der Waals surface area contributed by atoms with Crippen LogP contribution in [-0.2, 0) is 4.79 Å². The second-order valence-electron chi connectivity index (χ2n) is 5.28. The molecule has 0 aromatic carbocycles. The van der Waals surface area contributed by atoms with Gasteiger partial charge in [0.05, 0.1) is 0 Å². The number of hydrogen-bond donors (Lipinski definition) is 2. The second-order valence-corrected chi connectivity index (χ2v) is 5.28. The fourth-order valence-electron chi connectivity index (χ4n) is 2.69. The van der Waals surface area contributed by atoms with Gasteiger partial charge < -0.3 is 15.5 Å².